The predicted molar refractivity (Wildman–Crippen MR) is 61.1 cm³/mol. The van der Waals surface area contributed by atoms with E-state index in [1.54, 1.807) is 0 Å². The molecule has 0 aromatic heterocycles. The summed E-state index contributed by atoms with van der Waals surface area (Å²) < 4.78 is 0. The van der Waals surface area contributed by atoms with Crippen LogP contribution in [0.3, 0.4) is 0 Å². The monoisotopic (exact) mass is 226 g/mol. The number of ketones is 1. The van der Waals surface area contributed by atoms with Crippen molar-refractivity contribution < 1.29 is 15.0 Å². The molecule has 2 aliphatic carbocycles. The fourth-order valence-corrected chi connectivity index (χ4v) is 3.22. The van der Waals surface area contributed by atoms with Gasteiger partial charge in [0.05, 0.1) is 11.2 Å². The van der Waals surface area contributed by atoms with Crippen molar-refractivity contribution in [3.63, 3.8) is 0 Å². The van der Waals surface area contributed by atoms with Crippen molar-refractivity contribution in [2.24, 2.45) is 0 Å². The standard InChI is InChI=1S/C13H22O3/c14-11(9-12(15)5-1-2-6-12)10-13(16)7-3-4-8-13/h15-16H,1-10H2. The van der Waals surface area contributed by atoms with Gasteiger partial charge in [-0.1, -0.05) is 25.7 Å². The number of hydrogen-bond donors (Lipinski definition) is 2. The highest BCUT2D eigenvalue weighted by Crippen LogP contribution is 2.36. The summed E-state index contributed by atoms with van der Waals surface area (Å²) in [6, 6.07) is 0. The summed E-state index contributed by atoms with van der Waals surface area (Å²) in [5, 5.41) is 20.2. The Hall–Kier alpha value is -0.410. The molecule has 0 aromatic rings. The summed E-state index contributed by atoms with van der Waals surface area (Å²) in [5.74, 6) is 0.0359. The van der Waals surface area contributed by atoms with Crippen molar-refractivity contribution in [2.45, 2.75) is 75.4 Å². The molecule has 0 aliphatic heterocycles. The zero-order valence-electron chi connectivity index (χ0n) is 9.87. The molecular formula is C13H22O3. The van der Waals surface area contributed by atoms with Crippen LogP contribution in [0.4, 0.5) is 0 Å². The van der Waals surface area contributed by atoms with Crippen LogP contribution in [0.25, 0.3) is 0 Å². The van der Waals surface area contributed by atoms with Gasteiger partial charge in [0.15, 0.2) is 0 Å². The maximum atomic E-state index is 11.8. The van der Waals surface area contributed by atoms with Crippen LogP contribution in [-0.4, -0.2) is 27.2 Å². The number of rotatable bonds is 4. The quantitative estimate of drug-likeness (QED) is 0.770. The minimum atomic E-state index is -0.758. The van der Waals surface area contributed by atoms with Gasteiger partial charge in [0.25, 0.3) is 0 Å². The van der Waals surface area contributed by atoms with E-state index >= 15 is 0 Å². The van der Waals surface area contributed by atoms with Crippen LogP contribution in [0, 0.1) is 0 Å². The van der Waals surface area contributed by atoms with Crippen molar-refractivity contribution >= 4 is 5.78 Å². The van der Waals surface area contributed by atoms with E-state index in [9.17, 15) is 15.0 Å². The number of hydrogen-bond acceptors (Lipinski definition) is 3. The number of Topliss-reactive ketones (excluding diaryl/α,β-unsaturated/α-hetero) is 1. The fraction of sp³-hybridized carbons (Fsp3) is 0.923. The first-order chi connectivity index (χ1) is 7.52. The van der Waals surface area contributed by atoms with Crippen LogP contribution in [0.1, 0.15) is 64.2 Å². The van der Waals surface area contributed by atoms with E-state index < -0.39 is 11.2 Å². The van der Waals surface area contributed by atoms with E-state index in [1.165, 1.54) is 0 Å². The van der Waals surface area contributed by atoms with E-state index in [1.807, 2.05) is 0 Å². The van der Waals surface area contributed by atoms with Gasteiger partial charge in [-0.15, -0.1) is 0 Å². The minimum absolute atomic E-state index is 0.0359. The molecular weight excluding hydrogens is 204 g/mol. The summed E-state index contributed by atoms with van der Waals surface area (Å²) in [7, 11) is 0. The lowest BCUT2D eigenvalue weighted by Gasteiger charge is -2.25. The molecule has 0 atom stereocenters. The Balaban J connectivity index is 1.84. The molecule has 0 amide bonds. The highest BCUT2D eigenvalue weighted by molar-refractivity contribution is 5.80. The predicted octanol–water partition coefficient (Wildman–Crippen LogP) is 1.95. The highest BCUT2D eigenvalue weighted by Gasteiger charge is 2.38. The van der Waals surface area contributed by atoms with Gasteiger partial charge >= 0.3 is 0 Å². The highest BCUT2D eigenvalue weighted by atomic mass is 16.3. The molecule has 0 spiro atoms. The molecule has 0 radical (unpaired) electrons. The lowest BCUT2D eigenvalue weighted by atomic mass is 9.88. The number of aliphatic hydroxyl groups is 2. The third-order valence-corrected chi connectivity index (χ3v) is 4.12. The molecule has 0 unspecified atom stereocenters. The average Bonchev–Trinajstić information content (AvgIpc) is 2.75. The fourth-order valence-electron chi connectivity index (χ4n) is 3.22. The molecule has 2 saturated carbocycles. The summed E-state index contributed by atoms with van der Waals surface area (Å²) in [4.78, 5) is 11.8. The van der Waals surface area contributed by atoms with Crippen molar-refractivity contribution in [1.29, 1.82) is 0 Å². The summed E-state index contributed by atoms with van der Waals surface area (Å²) in [6.45, 7) is 0. The molecule has 2 aliphatic rings. The van der Waals surface area contributed by atoms with Gasteiger partial charge in [-0.05, 0) is 25.7 Å². The van der Waals surface area contributed by atoms with E-state index in [4.69, 9.17) is 0 Å². The zero-order chi connectivity index (χ0) is 11.6. The Morgan fingerprint density at radius 3 is 1.44 bits per heavy atom. The van der Waals surface area contributed by atoms with Crippen LogP contribution in [0.5, 0.6) is 0 Å². The summed E-state index contributed by atoms with van der Waals surface area (Å²) in [6.07, 6.45) is 7.57. The Labute approximate surface area is 96.9 Å². The Morgan fingerprint density at radius 2 is 1.12 bits per heavy atom. The third kappa shape index (κ3) is 2.83. The molecule has 3 heteroatoms. The lowest BCUT2D eigenvalue weighted by molar-refractivity contribution is -0.128. The van der Waals surface area contributed by atoms with E-state index in [2.05, 4.69) is 0 Å². The first kappa shape index (κ1) is 12.1. The second kappa shape index (κ2) is 4.46. The average molecular weight is 226 g/mol. The maximum absolute atomic E-state index is 11.8. The second-order valence-corrected chi connectivity index (χ2v) is 5.76. The molecule has 92 valence electrons. The van der Waals surface area contributed by atoms with Crippen molar-refractivity contribution in [3.8, 4) is 0 Å². The normalized spacial score (nSPS) is 27.1. The topological polar surface area (TPSA) is 57.5 Å². The molecule has 2 fully saturated rings. The zero-order valence-corrected chi connectivity index (χ0v) is 9.87. The van der Waals surface area contributed by atoms with Crippen LogP contribution in [0.15, 0.2) is 0 Å². The molecule has 3 nitrogen and oxygen atoms in total. The number of carbonyl (C=O) groups excluding carboxylic acids is 1. The summed E-state index contributed by atoms with van der Waals surface area (Å²) >= 11 is 0. The molecule has 0 bridgehead atoms. The van der Waals surface area contributed by atoms with Gasteiger partial charge in [0.1, 0.15) is 5.78 Å². The van der Waals surface area contributed by atoms with Gasteiger partial charge in [-0.25, -0.2) is 0 Å². The molecule has 2 rings (SSSR count). The Kier molecular flexibility index (Phi) is 3.36. The second-order valence-electron chi connectivity index (χ2n) is 5.76. The molecule has 2 N–H and O–H groups in total. The lowest BCUT2D eigenvalue weighted by Crippen LogP contribution is -2.33. The van der Waals surface area contributed by atoms with Crippen LogP contribution < -0.4 is 0 Å². The van der Waals surface area contributed by atoms with Gasteiger partial charge in [0, 0.05) is 12.8 Å². The molecule has 0 saturated heterocycles. The van der Waals surface area contributed by atoms with Crippen LogP contribution in [0.2, 0.25) is 0 Å². The van der Waals surface area contributed by atoms with Crippen molar-refractivity contribution in [2.75, 3.05) is 0 Å². The van der Waals surface area contributed by atoms with Crippen LogP contribution in [-0.2, 0) is 4.79 Å². The Bertz CT molecular complexity index is 234. The molecule has 16 heavy (non-hydrogen) atoms. The molecule has 0 aromatic carbocycles. The van der Waals surface area contributed by atoms with Crippen molar-refractivity contribution in [1.82, 2.24) is 0 Å². The molecule has 0 heterocycles. The first-order valence-electron chi connectivity index (χ1n) is 6.48. The SMILES string of the molecule is O=C(CC1(O)CCCC1)CC1(O)CCCC1. The van der Waals surface area contributed by atoms with Crippen molar-refractivity contribution in [3.05, 3.63) is 0 Å². The maximum Gasteiger partial charge on any atom is 0.138 e. The summed E-state index contributed by atoms with van der Waals surface area (Å²) in [5.41, 5.74) is -1.52. The van der Waals surface area contributed by atoms with Gasteiger partial charge in [0.2, 0.25) is 0 Å². The van der Waals surface area contributed by atoms with E-state index in [0.717, 1.165) is 51.4 Å². The Morgan fingerprint density at radius 1 is 0.812 bits per heavy atom. The van der Waals surface area contributed by atoms with Gasteiger partial charge < -0.3 is 10.2 Å². The van der Waals surface area contributed by atoms with Gasteiger partial charge in [-0.2, -0.15) is 0 Å². The first-order valence-corrected chi connectivity index (χ1v) is 6.48. The van der Waals surface area contributed by atoms with E-state index in [0.29, 0.717) is 0 Å². The van der Waals surface area contributed by atoms with Crippen LogP contribution >= 0.6 is 0 Å². The van der Waals surface area contributed by atoms with E-state index in [-0.39, 0.29) is 18.6 Å². The largest absolute Gasteiger partial charge is 0.389 e. The van der Waals surface area contributed by atoms with Gasteiger partial charge in [-0.3, -0.25) is 4.79 Å². The smallest absolute Gasteiger partial charge is 0.138 e. The minimum Gasteiger partial charge on any atom is -0.389 e. The third-order valence-electron chi connectivity index (χ3n) is 4.12. The number of carbonyl (C=O) groups is 1.